The Labute approximate surface area is 222 Å². The monoisotopic (exact) mass is 543 g/mol. The lowest BCUT2D eigenvalue weighted by Gasteiger charge is -2.30. The molecule has 0 radical (unpaired) electrons. The van der Waals surface area contributed by atoms with E-state index in [0.29, 0.717) is 26.7 Å². The van der Waals surface area contributed by atoms with Crippen LogP contribution < -0.4 is 16.0 Å². The molecule has 0 spiro atoms. The quantitative estimate of drug-likeness (QED) is 0.328. The van der Waals surface area contributed by atoms with E-state index < -0.39 is 34.2 Å². The highest BCUT2D eigenvalue weighted by molar-refractivity contribution is 7.21. The van der Waals surface area contributed by atoms with Crippen molar-refractivity contribution in [3.8, 4) is 10.8 Å². The summed E-state index contributed by atoms with van der Waals surface area (Å²) < 4.78 is 27.3. The third kappa shape index (κ3) is 4.87. The van der Waals surface area contributed by atoms with Gasteiger partial charge in [0.15, 0.2) is 0 Å². The number of benzene rings is 1. The van der Waals surface area contributed by atoms with Crippen molar-refractivity contribution in [2.75, 3.05) is 7.11 Å². The van der Waals surface area contributed by atoms with Crippen molar-refractivity contribution in [3.63, 3.8) is 0 Å². The smallest absolute Gasteiger partial charge is 0.333 e. The number of fused-ring (bicyclic) bond motifs is 1. The van der Waals surface area contributed by atoms with Crippen LogP contribution in [0.1, 0.15) is 45.7 Å². The number of carbonyl (C=O) groups excluding carboxylic acids is 1. The fraction of sp³-hybridized carbons (Fsp3) is 0.423. The summed E-state index contributed by atoms with van der Waals surface area (Å²) in [6.07, 6.45) is 3.25. The molecule has 10 nitrogen and oxygen atoms in total. The maximum Gasteiger partial charge on any atom is 0.333 e. The lowest BCUT2D eigenvalue weighted by atomic mass is 10.0. The van der Waals surface area contributed by atoms with E-state index in [1.807, 2.05) is 0 Å². The number of carbonyl (C=O) groups is 1. The molecule has 202 valence electrons. The second-order valence-electron chi connectivity index (χ2n) is 10.4. The maximum atomic E-state index is 14.0. The highest BCUT2D eigenvalue weighted by Crippen LogP contribution is 2.31. The average Bonchev–Trinajstić information content (AvgIpc) is 3.46. The molecule has 0 saturated heterocycles. The number of aryl methyl sites for hydroxylation is 3. The zero-order chi connectivity index (χ0) is 28.0. The number of rotatable bonds is 7. The first-order chi connectivity index (χ1) is 17.8. The van der Waals surface area contributed by atoms with Crippen LogP contribution in [0.5, 0.6) is 5.75 Å². The van der Waals surface area contributed by atoms with E-state index >= 15 is 0 Å². The van der Waals surface area contributed by atoms with E-state index in [4.69, 9.17) is 9.47 Å². The average molecular weight is 544 g/mol. The number of hydrogen-bond acceptors (Lipinski definition) is 8. The Kier molecular flexibility index (Phi) is 7.04. The molecule has 3 aromatic heterocycles. The van der Waals surface area contributed by atoms with Gasteiger partial charge in [-0.2, -0.15) is 10.2 Å². The zero-order valence-electron chi connectivity index (χ0n) is 22.4. The Morgan fingerprint density at radius 2 is 1.76 bits per heavy atom. The van der Waals surface area contributed by atoms with Crippen LogP contribution in [0.15, 0.2) is 40.2 Å². The van der Waals surface area contributed by atoms with Gasteiger partial charge in [-0.25, -0.2) is 18.5 Å². The Hall–Kier alpha value is -3.80. The van der Waals surface area contributed by atoms with Crippen molar-refractivity contribution in [2.45, 2.75) is 65.6 Å². The van der Waals surface area contributed by atoms with Crippen LogP contribution >= 0.6 is 11.3 Å². The first kappa shape index (κ1) is 27.2. The van der Waals surface area contributed by atoms with Crippen LogP contribution in [-0.4, -0.2) is 42.8 Å². The van der Waals surface area contributed by atoms with Gasteiger partial charge in [-0.1, -0.05) is 11.3 Å². The number of methoxy groups -OCH3 is 1. The molecule has 0 unspecified atom stereocenters. The summed E-state index contributed by atoms with van der Waals surface area (Å²) in [7, 11) is 1.48. The van der Waals surface area contributed by atoms with Crippen LogP contribution in [-0.2, 0) is 28.0 Å². The van der Waals surface area contributed by atoms with Gasteiger partial charge in [-0.05, 0) is 71.7 Å². The lowest BCUT2D eigenvalue weighted by molar-refractivity contribution is -0.164. The normalized spacial score (nSPS) is 12.2. The summed E-state index contributed by atoms with van der Waals surface area (Å²) in [6, 6.07) is 4.16. The molecule has 1 aromatic carbocycles. The Morgan fingerprint density at radius 1 is 1.11 bits per heavy atom. The highest BCUT2D eigenvalue weighted by Gasteiger charge is 2.38. The van der Waals surface area contributed by atoms with Gasteiger partial charge in [0.2, 0.25) is 0 Å². The molecule has 3 heterocycles. The van der Waals surface area contributed by atoms with Gasteiger partial charge >= 0.3 is 11.7 Å². The molecular formula is C26H30FN5O5S. The van der Waals surface area contributed by atoms with Gasteiger partial charge in [0.05, 0.1) is 24.9 Å². The molecule has 0 N–H and O–H groups in total. The fourth-order valence-corrected chi connectivity index (χ4v) is 5.44. The molecule has 0 bridgehead atoms. The van der Waals surface area contributed by atoms with Crippen molar-refractivity contribution in [1.29, 1.82) is 0 Å². The van der Waals surface area contributed by atoms with E-state index in [-0.39, 0.29) is 18.4 Å². The minimum Gasteiger partial charge on any atom is -0.496 e. The predicted octanol–water partition coefficient (Wildman–Crippen LogP) is 3.58. The standard InChI is InChI=1S/C26H30FN5O5S/c1-15-19-20(33)31(26(5,6)23(34)37-25(2,3)4)24(35)30(22(19)38-21(15)32-28-11-12-29-32)13-10-16-14-17(27)8-9-18(16)36-7/h8-9,11-12,14H,10,13H2,1-7H3. The Bertz CT molecular complexity index is 1630. The number of halogens is 1. The Morgan fingerprint density at radius 3 is 2.37 bits per heavy atom. The van der Waals surface area contributed by atoms with E-state index in [0.717, 1.165) is 4.57 Å². The molecule has 0 amide bonds. The number of nitrogens with zero attached hydrogens (tertiary/aromatic N) is 5. The SMILES string of the molecule is COc1ccc(F)cc1CCn1c(=O)n(C(C)(C)C(=O)OC(C)(C)C)c(=O)c2c(C)c(-n3nccn3)sc21. The summed E-state index contributed by atoms with van der Waals surface area (Å²) in [6.45, 7) is 9.93. The molecule has 0 atom stereocenters. The highest BCUT2D eigenvalue weighted by atomic mass is 32.1. The molecule has 4 aromatic rings. The van der Waals surface area contributed by atoms with Crippen LogP contribution in [0.2, 0.25) is 0 Å². The van der Waals surface area contributed by atoms with E-state index in [1.165, 1.54) is 72.3 Å². The van der Waals surface area contributed by atoms with Crippen molar-refractivity contribution in [2.24, 2.45) is 0 Å². The molecular weight excluding hydrogens is 513 g/mol. The fourth-order valence-electron chi connectivity index (χ4n) is 4.21. The molecule has 0 aliphatic rings. The molecule has 38 heavy (non-hydrogen) atoms. The minimum atomic E-state index is -1.62. The largest absolute Gasteiger partial charge is 0.496 e. The molecule has 0 saturated carbocycles. The molecule has 0 aliphatic heterocycles. The topological polar surface area (TPSA) is 110 Å². The summed E-state index contributed by atoms with van der Waals surface area (Å²) in [5.74, 6) is -0.682. The van der Waals surface area contributed by atoms with Gasteiger partial charge in [-0.15, -0.1) is 4.80 Å². The molecule has 0 aliphatic carbocycles. The molecule has 0 fully saturated rings. The van der Waals surface area contributed by atoms with Crippen LogP contribution in [0.4, 0.5) is 4.39 Å². The van der Waals surface area contributed by atoms with Crippen molar-refractivity contribution < 1.29 is 18.7 Å². The third-order valence-electron chi connectivity index (χ3n) is 6.09. The third-order valence-corrected chi connectivity index (χ3v) is 7.37. The van der Waals surface area contributed by atoms with E-state index in [1.54, 1.807) is 27.7 Å². The summed E-state index contributed by atoms with van der Waals surface area (Å²) in [5, 5.41) is 9.18. The number of ether oxygens (including phenoxy) is 2. The van der Waals surface area contributed by atoms with Crippen molar-refractivity contribution >= 4 is 27.5 Å². The van der Waals surface area contributed by atoms with Gasteiger partial charge in [0.25, 0.3) is 5.56 Å². The zero-order valence-corrected chi connectivity index (χ0v) is 23.2. The minimum absolute atomic E-state index is 0.0890. The van der Waals surface area contributed by atoms with Crippen molar-refractivity contribution in [3.05, 3.63) is 68.4 Å². The van der Waals surface area contributed by atoms with Gasteiger partial charge < -0.3 is 9.47 Å². The van der Waals surface area contributed by atoms with E-state index in [2.05, 4.69) is 10.2 Å². The van der Waals surface area contributed by atoms with Gasteiger partial charge in [-0.3, -0.25) is 9.36 Å². The Balaban J connectivity index is 1.96. The first-order valence-electron chi connectivity index (χ1n) is 12.0. The number of aromatic nitrogens is 5. The van der Waals surface area contributed by atoms with Crippen LogP contribution in [0, 0.1) is 12.7 Å². The molecule has 4 rings (SSSR count). The number of thiophene rings is 1. The molecule has 12 heteroatoms. The number of hydrogen-bond donors (Lipinski definition) is 0. The van der Waals surface area contributed by atoms with Gasteiger partial charge in [0.1, 0.15) is 32.5 Å². The first-order valence-corrected chi connectivity index (χ1v) is 12.8. The van der Waals surface area contributed by atoms with E-state index in [9.17, 15) is 18.8 Å². The summed E-state index contributed by atoms with van der Waals surface area (Å²) in [5.41, 5.74) is -2.63. The number of esters is 1. The second-order valence-corrected chi connectivity index (χ2v) is 11.4. The lowest BCUT2D eigenvalue weighted by Crippen LogP contribution is -2.54. The summed E-state index contributed by atoms with van der Waals surface area (Å²) in [4.78, 5) is 42.8. The van der Waals surface area contributed by atoms with Crippen molar-refractivity contribution in [1.82, 2.24) is 24.1 Å². The van der Waals surface area contributed by atoms with Crippen LogP contribution in [0.25, 0.3) is 15.2 Å². The second kappa shape index (κ2) is 9.82. The predicted molar refractivity (Wildman–Crippen MR) is 142 cm³/mol. The summed E-state index contributed by atoms with van der Waals surface area (Å²) >= 11 is 1.19. The maximum absolute atomic E-state index is 14.0. The van der Waals surface area contributed by atoms with Crippen LogP contribution in [0.3, 0.4) is 0 Å². The van der Waals surface area contributed by atoms with Gasteiger partial charge in [0, 0.05) is 12.1 Å².